The van der Waals surface area contributed by atoms with E-state index in [1.807, 2.05) is 37.9 Å². The molecular weight excluding hydrogens is 271 g/mol. The molecule has 6 heteroatoms. The molecule has 2 rings (SSSR count). The van der Waals surface area contributed by atoms with Crippen LogP contribution in [0.25, 0.3) is 0 Å². The zero-order valence-corrected chi connectivity index (χ0v) is 11.8. The van der Waals surface area contributed by atoms with E-state index in [1.54, 1.807) is 0 Å². The fraction of sp³-hybridized carbons (Fsp3) is 0.250. The Kier molecular flexibility index (Phi) is 3.68. The lowest BCUT2D eigenvalue weighted by Gasteiger charge is -2.21. The Morgan fingerprint density at radius 1 is 1.11 bits per heavy atom. The van der Waals surface area contributed by atoms with Gasteiger partial charge in [0.1, 0.15) is 0 Å². The van der Waals surface area contributed by atoms with Crippen molar-refractivity contribution in [3.63, 3.8) is 0 Å². The number of hydrogen-bond acceptors (Lipinski definition) is 4. The van der Waals surface area contributed by atoms with Gasteiger partial charge in [0.25, 0.3) is 0 Å². The highest BCUT2D eigenvalue weighted by atomic mass is 35.5. The Morgan fingerprint density at radius 3 is 2.50 bits per heavy atom. The Labute approximate surface area is 116 Å². The highest BCUT2D eigenvalue weighted by Crippen LogP contribution is 2.30. The molecule has 0 spiro atoms. The molecule has 0 amide bonds. The summed E-state index contributed by atoms with van der Waals surface area (Å²) in [7, 11) is 1.86. The lowest BCUT2D eigenvalue weighted by atomic mass is 10.1. The molecular formula is C12H12Cl2N4. The molecule has 94 valence electrons. The van der Waals surface area contributed by atoms with E-state index in [4.69, 9.17) is 23.2 Å². The molecule has 0 radical (unpaired) electrons. The van der Waals surface area contributed by atoms with E-state index in [0.29, 0.717) is 5.82 Å². The van der Waals surface area contributed by atoms with Gasteiger partial charge in [-0.25, -0.2) is 0 Å². The van der Waals surface area contributed by atoms with E-state index in [1.165, 1.54) is 5.56 Å². The predicted molar refractivity (Wildman–Crippen MR) is 73.8 cm³/mol. The second kappa shape index (κ2) is 5.08. The first-order valence-corrected chi connectivity index (χ1v) is 6.11. The first-order valence-electron chi connectivity index (χ1n) is 5.35. The predicted octanol–water partition coefficient (Wildman–Crippen LogP) is 3.56. The third kappa shape index (κ3) is 2.54. The Balaban J connectivity index is 2.47. The molecule has 1 heterocycles. The van der Waals surface area contributed by atoms with Gasteiger partial charge in [-0.2, -0.15) is 4.98 Å². The summed E-state index contributed by atoms with van der Waals surface area (Å²) in [6, 6.07) is 6.13. The summed E-state index contributed by atoms with van der Waals surface area (Å²) in [5.41, 5.74) is 3.33. The molecule has 0 aliphatic carbocycles. The third-order valence-electron chi connectivity index (χ3n) is 2.63. The number of benzene rings is 1. The van der Waals surface area contributed by atoms with E-state index in [-0.39, 0.29) is 10.4 Å². The number of hydrogen-bond donors (Lipinski definition) is 0. The van der Waals surface area contributed by atoms with Crippen molar-refractivity contribution in [3.8, 4) is 0 Å². The molecule has 0 aliphatic heterocycles. The minimum atomic E-state index is 0.0750. The molecule has 0 fully saturated rings. The van der Waals surface area contributed by atoms with Crippen LogP contribution in [0.4, 0.5) is 11.5 Å². The lowest BCUT2D eigenvalue weighted by Crippen LogP contribution is -2.14. The average Bonchev–Trinajstić information content (AvgIpc) is 2.31. The lowest BCUT2D eigenvalue weighted by molar-refractivity contribution is 0.948. The normalized spacial score (nSPS) is 10.5. The monoisotopic (exact) mass is 282 g/mol. The van der Waals surface area contributed by atoms with Gasteiger partial charge in [0, 0.05) is 12.7 Å². The van der Waals surface area contributed by atoms with Gasteiger partial charge in [-0.1, -0.05) is 29.3 Å². The van der Waals surface area contributed by atoms with Crippen LogP contribution in [0.1, 0.15) is 11.1 Å². The van der Waals surface area contributed by atoms with Gasteiger partial charge in [-0.15, -0.1) is 10.2 Å². The van der Waals surface area contributed by atoms with Gasteiger partial charge < -0.3 is 4.90 Å². The first-order chi connectivity index (χ1) is 8.49. The van der Waals surface area contributed by atoms with Crippen molar-refractivity contribution >= 4 is 34.7 Å². The van der Waals surface area contributed by atoms with Crippen LogP contribution in [-0.2, 0) is 0 Å². The van der Waals surface area contributed by atoms with E-state index in [9.17, 15) is 0 Å². The molecule has 0 N–H and O–H groups in total. The van der Waals surface area contributed by atoms with Crippen LogP contribution in [0.15, 0.2) is 18.2 Å². The summed E-state index contributed by atoms with van der Waals surface area (Å²) in [5, 5.41) is 7.65. The number of aryl methyl sites for hydroxylation is 2. The molecule has 0 atom stereocenters. The maximum atomic E-state index is 5.99. The average molecular weight is 283 g/mol. The largest absolute Gasteiger partial charge is 0.327 e. The van der Waals surface area contributed by atoms with Crippen LogP contribution in [0.2, 0.25) is 10.4 Å². The van der Waals surface area contributed by atoms with E-state index < -0.39 is 0 Å². The topological polar surface area (TPSA) is 41.9 Å². The fourth-order valence-corrected chi connectivity index (χ4v) is 2.12. The molecule has 18 heavy (non-hydrogen) atoms. The molecule has 1 aromatic carbocycles. The minimum Gasteiger partial charge on any atom is -0.327 e. The maximum Gasteiger partial charge on any atom is 0.245 e. The molecule has 0 aliphatic rings. The molecule has 4 nitrogen and oxygen atoms in total. The van der Waals surface area contributed by atoms with Crippen LogP contribution in [-0.4, -0.2) is 22.2 Å². The van der Waals surface area contributed by atoms with Gasteiger partial charge in [-0.3, -0.25) is 0 Å². The van der Waals surface area contributed by atoms with Crippen molar-refractivity contribution in [1.82, 2.24) is 15.2 Å². The van der Waals surface area contributed by atoms with Crippen molar-refractivity contribution in [1.29, 1.82) is 0 Å². The third-order valence-corrected chi connectivity index (χ3v) is 3.04. The van der Waals surface area contributed by atoms with Crippen LogP contribution in [0.3, 0.4) is 0 Å². The molecule has 1 aromatic heterocycles. The number of aromatic nitrogens is 3. The number of nitrogens with zero attached hydrogens (tertiary/aromatic N) is 4. The summed E-state index contributed by atoms with van der Waals surface area (Å²) < 4.78 is 0. The van der Waals surface area contributed by atoms with E-state index in [0.717, 1.165) is 11.3 Å². The highest BCUT2D eigenvalue weighted by Gasteiger charge is 2.14. The van der Waals surface area contributed by atoms with Crippen molar-refractivity contribution in [2.75, 3.05) is 11.9 Å². The van der Waals surface area contributed by atoms with Crippen molar-refractivity contribution < 1.29 is 0 Å². The summed E-state index contributed by atoms with van der Waals surface area (Å²) in [5.74, 6) is 0.489. The SMILES string of the molecule is Cc1ccc(N(C)c2nc(Cl)nnc2Cl)c(C)c1. The second-order valence-corrected chi connectivity index (χ2v) is 4.74. The first kappa shape index (κ1) is 13.1. The van der Waals surface area contributed by atoms with Gasteiger partial charge in [0.05, 0.1) is 0 Å². The van der Waals surface area contributed by atoms with Crippen molar-refractivity contribution in [2.45, 2.75) is 13.8 Å². The zero-order valence-electron chi connectivity index (χ0n) is 10.3. The number of anilines is 2. The Morgan fingerprint density at radius 2 is 1.83 bits per heavy atom. The van der Waals surface area contributed by atoms with Gasteiger partial charge >= 0.3 is 0 Å². The highest BCUT2D eigenvalue weighted by molar-refractivity contribution is 6.32. The van der Waals surface area contributed by atoms with E-state index >= 15 is 0 Å². The maximum absolute atomic E-state index is 5.99. The standard InChI is InChI=1S/C12H12Cl2N4/c1-7-4-5-9(8(2)6-7)18(3)11-10(13)16-17-12(14)15-11/h4-6H,1-3H3. The molecule has 0 unspecified atom stereocenters. The summed E-state index contributed by atoms with van der Waals surface area (Å²) >= 11 is 11.7. The van der Waals surface area contributed by atoms with Crippen molar-refractivity contribution in [3.05, 3.63) is 39.8 Å². The zero-order chi connectivity index (χ0) is 13.3. The smallest absolute Gasteiger partial charge is 0.245 e. The van der Waals surface area contributed by atoms with Gasteiger partial charge in [0.15, 0.2) is 11.0 Å². The summed E-state index contributed by atoms with van der Waals surface area (Å²) in [4.78, 5) is 5.94. The Bertz CT molecular complexity index is 586. The summed E-state index contributed by atoms with van der Waals surface area (Å²) in [6.45, 7) is 4.08. The number of rotatable bonds is 2. The second-order valence-electron chi connectivity index (χ2n) is 4.04. The van der Waals surface area contributed by atoms with Gasteiger partial charge in [0.2, 0.25) is 5.28 Å². The van der Waals surface area contributed by atoms with E-state index in [2.05, 4.69) is 21.2 Å². The Hall–Kier alpha value is -1.39. The summed E-state index contributed by atoms with van der Waals surface area (Å²) in [6.07, 6.45) is 0. The molecule has 0 saturated heterocycles. The molecule has 2 aromatic rings. The van der Waals surface area contributed by atoms with Crippen molar-refractivity contribution in [2.24, 2.45) is 0 Å². The van der Waals surface area contributed by atoms with Crippen LogP contribution in [0.5, 0.6) is 0 Å². The van der Waals surface area contributed by atoms with Crippen LogP contribution < -0.4 is 4.90 Å². The number of halogens is 2. The van der Waals surface area contributed by atoms with Crippen LogP contribution >= 0.6 is 23.2 Å². The van der Waals surface area contributed by atoms with Crippen LogP contribution in [0, 0.1) is 13.8 Å². The van der Waals surface area contributed by atoms with Gasteiger partial charge in [-0.05, 0) is 37.1 Å². The minimum absolute atomic E-state index is 0.0750. The molecule has 0 bridgehead atoms. The fourth-order valence-electron chi connectivity index (χ4n) is 1.79. The quantitative estimate of drug-likeness (QED) is 0.845. The molecule has 0 saturated carbocycles.